The van der Waals surface area contributed by atoms with E-state index in [1.54, 1.807) is 10.9 Å². The number of rotatable bonds is 8. The van der Waals surface area contributed by atoms with Gasteiger partial charge in [0.15, 0.2) is 0 Å². The first kappa shape index (κ1) is 21.1. The van der Waals surface area contributed by atoms with E-state index in [2.05, 4.69) is 26.8 Å². The Kier molecular flexibility index (Phi) is 6.77. The van der Waals surface area contributed by atoms with Crippen molar-refractivity contribution in [3.63, 3.8) is 0 Å². The van der Waals surface area contributed by atoms with Crippen molar-refractivity contribution in [1.29, 1.82) is 0 Å². The maximum absolute atomic E-state index is 12.3. The summed E-state index contributed by atoms with van der Waals surface area (Å²) >= 11 is 0. The molecule has 0 aliphatic carbocycles. The molecule has 0 aliphatic rings. The van der Waals surface area contributed by atoms with Crippen molar-refractivity contribution in [2.45, 2.75) is 19.7 Å². The summed E-state index contributed by atoms with van der Waals surface area (Å²) in [4.78, 5) is 16.5. The van der Waals surface area contributed by atoms with E-state index in [9.17, 15) is 4.79 Å². The van der Waals surface area contributed by atoms with E-state index >= 15 is 0 Å². The smallest absolute Gasteiger partial charge is 0.315 e. The van der Waals surface area contributed by atoms with Crippen LogP contribution in [0, 0.1) is 0 Å². The molecule has 0 saturated carbocycles. The predicted molar refractivity (Wildman–Crippen MR) is 123 cm³/mol. The number of aryl methyl sites for hydroxylation is 1. The molecule has 4 rings (SSSR count). The largest absolute Gasteiger partial charge is 0.487 e. The molecule has 32 heavy (non-hydrogen) atoms. The number of benzene rings is 2. The highest BCUT2D eigenvalue weighted by atomic mass is 16.5. The average molecular weight is 428 g/mol. The third-order valence-corrected chi connectivity index (χ3v) is 4.88. The summed E-state index contributed by atoms with van der Waals surface area (Å²) in [6.07, 6.45) is 5.54. The van der Waals surface area contributed by atoms with Crippen molar-refractivity contribution in [3.05, 3.63) is 102 Å². The van der Waals surface area contributed by atoms with Crippen LogP contribution >= 0.6 is 0 Å². The minimum atomic E-state index is -0.225. The van der Waals surface area contributed by atoms with Crippen molar-refractivity contribution >= 4 is 6.03 Å². The Hall–Kier alpha value is -4.13. The number of nitrogens with one attached hydrogen (secondary N) is 2. The van der Waals surface area contributed by atoms with Crippen LogP contribution in [0.2, 0.25) is 0 Å². The molecule has 0 radical (unpaired) electrons. The summed E-state index contributed by atoms with van der Waals surface area (Å²) in [5.41, 5.74) is 4.95. The highest BCUT2D eigenvalue weighted by Gasteiger charge is 2.05. The Morgan fingerprint density at radius 2 is 1.72 bits per heavy atom. The predicted octanol–water partition coefficient (Wildman–Crippen LogP) is 4.06. The fourth-order valence-electron chi connectivity index (χ4n) is 3.24. The molecule has 7 heteroatoms. The third kappa shape index (κ3) is 5.95. The van der Waals surface area contributed by atoms with Gasteiger partial charge in [0.05, 0.1) is 11.9 Å². The summed E-state index contributed by atoms with van der Waals surface area (Å²) in [5.74, 6) is 0.738. The molecule has 7 nitrogen and oxygen atoms in total. The number of carbonyl (C=O) groups is 1. The second kappa shape index (κ2) is 10.3. The molecule has 0 saturated heterocycles. The quantitative estimate of drug-likeness (QED) is 0.444. The monoisotopic (exact) mass is 427 g/mol. The number of amides is 2. The van der Waals surface area contributed by atoms with Gasteiger partial charge in [0, 0.05) is 38.1 Å². The molecule has 2 heterocycles. The highest BCUT2D eigenvalue weighted by molar-refractivity contribution is 5.74. The zero-order valence-electron chi connectivity index (χ0n) is 17.9. The van der Waals surface area contributed by atoms with E-state index in [1.165, 1.54) is 0 Å². The number of ether oxygens (including phenoxy) is 1. The maximum atomic E-state index is 12.3. The summed E-state index contributed by atoms with van der Waals surface area (Å²) in [6.45, 7) is 1.24. The molecule has 0 aliphatic heterocycles. The zero-order valence-corrected chi connectivity index (χ0v) is 17.9. The minimum absolute atomic E-state index is 0.225. The highest BCUT2D eigenvalue weighted by Crippen LogP contribution is 2.19. The van der Waals surface area contributed by atoms with Gasteiger partial charge in [-0.3, -0.25) is 9.67 Å². The van der Waals surface area contributed by atoms with E-state index in [0.717, 1.165) is 33.7 Å². The molecule has 0 fully saturated rings. The van der Waals surface area contributed by atoms with E-state index in [-0.39, 0.29) is 6.03 Å². The van der Waals surface area contributed by atoms with Crippen molar-refractivity contribution in [2.24, 2.45) is 7.05 Å². The topological polar surface area (TPSA) is 81.1 Å². The molecular weight excluding hydrogens is 402 g/mol. The van der Waals surface area contributed by atoms with Crippen LogP contribution < -0.4 is 15.4 Å². The number of carbonyl (C=O) groups excluding carboxylic acids is 1. The Morgan fingerprint density at radius 1 is 0.938 bits per heavy atom. The first-order valence-electron chi connectivity index (χ1n) is 10.4. The van der Waals surface area contributed by atoms with Crippen LogP contribution in [0.3, 0.4) is 0 Å². The lowest BCUT2D eigenvalue weighted by Crippen LogP contribution is -2.34. The van der Waals surface area contributed by atoms with Gasteiger partial charge in [-0.25, -0.2) is 4.79 Å². The molecule has 162 valence electrons. The number of urea groups is 1. The Balaban J connectivity index is 1.25. The normalized spacial score (nSPS) is 10.5. The SMILES string of the molecule is Cn1cc(-c2cccc(CNC(=O)NCc3cccc(OCc4ccccn4)c3)c2)cn1. The van der Waals surface area contributed by atoms with Gasteiger partial charge >= 0.3 is 6.03 Å². The van der Waals surface area contributed by atoms with Gasteiger partial charge < -0.3 is 15.4 Å². The van der Waals surface area contributed by atoms with Gasteiger partial charge in [-0.1, -0.05) is 36.4 Å². The van der Waals surface area contributed by atoms with Gasteiger partial charge in [-0.2, -0.15) is 5.10 Å². The average Bonchev–Trinajstić information content (AvgIpc) is 3.27. The van der Waals surface area contributed by atoms with Gasteiger partial charge in [-0.15, -0.1) is 0 Å². The number of nitrogens with zero attached hydrogens (tertiary/aromatic N) is 3. The van der Waals surface area contributed by atoms with Gasteiger partial charge in [0.2, 0.25) is 0 Å². The summed E-state index contributed by atoms with van der Waals surface area (Å²) in [5, 5.41) is 10.0. The van der Waals surface area contributed by atoms with Crippen LogP contribution in [0.25, 0.3) is 11.1 Å². The number of pyridine rings is 1. The fraction of sp³-hybridized carbons (Fsp3) is 0.160. The molecular formula is C25H25N5O2. The van der Waals surface area contributed by atoms with Crippen molar-refractivity contribution in [3.8, 4) is 16.9 Å². The molecule has 0 atom stereocenters. The molecule has 4 aromatic rings. The summed E-state index contributed by atoms with van der Waals surface area (Å²) in [6, 6.07) is 21.2. The molecule has 2 aromatic carbocycles. The fourth-order valence-corrected chi connectivity index (χ4v) is 3.24. The minimum Gasteiger partial charge on any atom is -0.487 e. The van der Waals surface area contributed by atoms with Crippen LogP contribution in [0.1, 0.15) is 16.8 Å². The maximum Gasteiger partial charge on any atom is 0.315 e. The van der Waals surface area contributed by atoms with E-state index < -0.39 is 0 Å². The Bertz CT molecular complexity index is 1170. The van der Waals surface area contributed by atoms with Crippen molar-refractivity contribution < 1.29 is 9.53 Å². The summed E-state index contributed by atoms with van der Waals surface area (Å²) in [7, 11) is 1.89. The number of hydrogen-bond acceptors (Lipinski definition) is 4. The number of aromatic nitrogens is 3. The zero-order chi connectivity index (χ0) is 22.2. The van der Waals surface area contributed by atoms with Gasteiger partial charge in [-0.05, 0) is 47.0 Å². The molecule has 0 unspecified atom stereocenters. The second-order valence-corrected chi connectivity index (χ2v) is 7.40. The third-order valence-electron chi connectivity index (χ3n) is 4.88. The van der Waals surface area contributed by atoms with E-state index in [4.69, 9.17) is 4.74 Å². The van der Waals surface area contributed by atoms with Crippen LogP contribution in [0.15, 0.2) is 85.3 Å². The molecule has 2 amide bonds. The lowest BCUT2D eigenvalue weighted by molar-refractivity contribution is 0.240. The molecule has 0 spiro atoms. The van der Waals surface area contributed by atoms with Crippen LogP contribution in [0.4, 0.5) is 4.79 Å². The summed E-state index contributed by atoms with van der Waals surface area (Å²) < 4.78 is 7.57. The van der Waals surface area contributed by atoms with Crippen LogP contribution in [-0.2, 0) is 26.7 Å². The van der Waals surface area contributed by atoms with Crippen molar-refractivity contribution in [1.82, 2.24) is 25.4 Å². The second-order valence-electron chi connectivity index (χ2n) is 7.40. The first-order valence-corrected chi connectivity index (χ1v) is 10.4. The standard InChI is InChI=1S/C25H25N5O2/c1-30-17-22(16-29-30)21-8-4-6-19(12-21)14-27-25(31)28-15-20-7-5-10-24(13-20)32-18-23-9-2-3-11-26-23/h2-13,16-17H,14-15,18H2,1H3,(H2,27,28,31). The first-order chi connectivity index (χ1) is 15.7. The van der Waals surface area contributed by atoms with Gasteiger partial charge in [0.1, 0.15) is 12.4 Å². The van der Waals surface area contributed by atoms with E-state index in [1.807, 2.05) is 80.1 Å². The number of hydrogen-bond donors (Lipinski definition) is 2. The Morgan fingerprint density at radius 3 is 2.44 bits per heavy atom. The Labute approximate surface area is 187 Å². The lowest BCUT2D eigenvalue weighted by Gasteiger charge is -2.10. The van der Waals surface area contributed by atoms with Gasteiger partial charge in [0.25, 0.3) is 0 Å². The molecule has 0 bridgehead atoms. The van der Waals surface area contributed by atoms with Crippen LogP contribution in [-0.4, -0.2) is 20.8 Å². The lowest BCUT2D eigenvalue weighted by atomic mass is 10.1. The van der Waals surface area contributed by atoms with E-state index in [0.29, 0.717) is 19.7 Å². The van der Waals surface area contributed by atoms with Crippen molar-refractivity contribution in [2.75, 3.05) is 0 Å². The molecule has 2 aromatic heterocycles. The van der Waals surface area contributed by atoms with Crippen LogP contribution in [0.5, 0.6) is 5.75 Å². The molecule has 2 N–H and O–H groups in total.